The van der Waals surface area contributed by atoms with Gasteiger partial charge < -0.3 is 15.2 Å². The number of carbonyl (C=O) groups excluding carboxylic acids is 2. The van der Waals surface area contributed by atoms with Crippen molar-refractivity contribution in [1.29, 1.82) is 0 Å². The van der Waals surface area contributed by atoms with Gasteiger partial charge in [0.05, 0.1) is 7.11 Å². The molecule has 8 heteroatoms. The highest BCUT2D eigenvalue weighted by Crippen LogP contribution is 2.13. The van der Waals surface area contributed by atoms with E-state index in [9.17, 15) is 19.5 Å². The summed E-state index contributed by atoms with van der Waals surface area (Å²) in [6.07, 6.45) is 0.538. The fourth-order valence-corrected chi connectivity index (χ4v) is 4.12. The number of carbonyl (C=O) groups is 3. The maximum Gasteiger partial charge on any atom is 0.327 e. The van der Waals surface area contributed by atoms with Crippen molar-refractivity contribution in [1.82, 2.24) is 10.2 Å². The van der Waals surface area contributed by atoms with Gasteiger partial charge >= 0.3 is 12.0 Å². The van der Waals surface area contributed by atoms with E-state index in [0.717, 1.165) is 22.0 Å². The maximum absolute atomic E-state index is 13.2. The quantitative estimate of drug-likeness (QED) is 0.470. The van der Waals surface area contributed by atoms with E-state index >= 15 is 0 Å². The van der Waals surface area contributed by atoms with Gasteiger partial charge in [-0.3, -0.25) is 9.69 Å². The number of nitrogens with one attached hydrogen (secondary N) is 1. The Balaban J connectivity index is 2.16. The topological polar surface area (TPSA) is 95.9 Å². The maximum atomic E-state index is 13.2. The van der Waals surface area contributed by atoms with Crippen molar-refractivity contribution in [2.45, 2.75) is 33.2 Å². The van der Waals surface area contributed by atoms with E-state index in [0.29, 0.717) is 23.5 Å². The summed E-state index contributed by atoms with van der Waals surface area (Å²) in [5.74, 6) is 6.59. The molecule has 2 aromatic rings. The van der Waals surface area contributed by atoms with Crippen molar-refractivity contribution in [2.75, 3.05) is 25.2 Å². The van der Waals surface area contributed by atoms with Crippen LogP contribution in [0.15, 0.2) is 48.5 Å². The lowest BCUT2D eigenvalue weighted by atomic mass is 10.1. The Kier molecular flexibility index (Phi) is 11.2. The number of imide groups is 1. The molecule has 0 aliphatic rings. The summed E-state index contributed by atoms with van der Waals surface area (Å²) in [6, 6.07) is 12.2. The van der Waals surface area contributed by atoms with Crippen LogP contribution in [0.1, 0.15) is 48.7 Å². The first-order chi connectivity index (χ1) is 16.7. The standard InChI is InChI=1S/C27H32N2O5S/c1-5-15-29(27(33)28-24(26(31)32)18-35-17-19(2)3)25(30)22-8-6-7-21(16-22)10-9-20-11-13-23(34-4)14-12-20/h6-8,11-14,16,19,24H,5,15,17-18H2,1-4H3,(H,28,33)(H,31,32)/t24-/m0/s1. The number of ether oxygens (including phenoxy) is 1. The molecule has 3 amide bonds. The molecule has 35 heavy (non-hydrogen) atoms. The molecule has 2 N–H and O–H groups in total. The molecule has 7 nitrogen and oxygen atoms in total. The van der Waals surface area contributed by atoms with E-state index < -0.39 is 23.9 Å². The molecule has 0 spiro atoms. The van der Waals surface area contributed by atoms with Crippen LogP contribution in [0.4, 0.5) is 4.79 Å². The molecule has 2 rings (SSSR count). The van der Waals surface area contributed by atoms with Gasteiger partial charge in [-0.25, -0.2) is 9.59 Å². The van der Waals surface area contributed by atoms with Gasteiger partial charge in [0.1, 0.15) is 11.8 Å². The van der Waals surface area contributed by atoms with Crippen LogP contribution in [-0.2, 0) is 4.79 Å². The number of amides is 3. The second kappa shape index (κ2) is 14.1. The van der Waals surface area contributed by atoms with Gasteiger partial charge in [0.15, 0.2) is 0 Å². The minimum atomic E-state index is -1.13. The summed E-state index contributed by atoms with van der Waals surface area (Å²) in [4.78, 5) is 38.8. The van der Waals surface area contributed by atoms with E-state index in [2.05, 4.69) is 17.2 Å². The molecule has 0 saturated heterocycles. The number of thioether (sulfide) groups is 1. The molecule has 0 heterocycles. The van der Waals surface area contributed by atoms with Crippen LogP contribution in [-0.4, -0.2) is 59.1 Å². The summed E-state index contributed by atoms with van der Waals surface area (Å²) < 4.78 is 5.14. The zero-order valence-corrected chi connectivity index (χ0v) is 21.4. The lowest BCUT2D eigenvalue weighted by Crippen LogP contribution is -2.51. The molecule has 2 aromatic carbocycles. The number of aliphatic carboxylic acids is 1. The Morgan fingerprint density at radius 3 is 2.34 bits per heavy atom. The Morgan fingerprint density at radius 1 is 1.06 bits per heavy atom. The van der Waals surface area contributed by atoms with Crippen molar-refractivity contribution in [3.8, 4) is 17.6 Å². The monoisotopic (exact) mass is 496 g/mol. The largest absolute Gasteiger partial charge is 0.497 e. The number of nitrogens with zero attached hydrogens (tertiary/aromatic N) is 1. The predicted octanol–water partition coefficient (Wildman–Crippen LogP) is 4.50. The van der Waals surface area contributed by atoms with Crippen LogP contribution in [0.5, 0.6) is 5.75 Å². The van der Waals surface area contributed by atoms with Crippen molar-refractivity contribution in [3.63, 3.8) is 0 Å². The molecule has 0 aliphatic heterocycles. The molecular formula is C27H32N2O5S. The van der Waals surface area contributed by atoms with E-state index in [1.54, 1.807) is 31.4 Å². The lowest BCUT2D eigenvalue weighted by molar-refractivity contribution is -0.138. The number of carboxylic acid groups (broad SMARTS) is 1. The number of rotatable bonds is 10. The molecule has 0 unspecified atom stereocenters. The number of benzene rings is 2. The number of hydrogen-bond donors (Lipinski definition) is 2. The van der Waals surface area contributed by atoms with Crippen molar-refractivity contribution < 1.29 is 24.2 Å². The summed E-state index contributed by atoms with van der Waals surface area (Å²) >= 11 is 1.46. The minimum Gasteiger partial charge on any atom is -0.497 e. The Hall–Kier alpha value is -3.44. The van der Waals surface area contributed by atoms with Crippen molar-refractivity contribution in [3.05, 3.63) is 65.2 Å². The molecule has 0 aliphatic carbocycles. The van der Waals surface area contributed by atoms with Crippen molar-refractivity contribution >= 4 is 29.7 Å². The Bertz CT molecular complexity index is 1070. The second-order valence-corrected chi connectivity index (χ2v) is 9.36. The molecule has 0 fully saturated rings. The van der Waals surface area contributed by atoms with Gasteiger partial charge in [-0.1, -0.05) is 38.7 Å². The zero-order valence-electron chi connectivity index (χ0n) is 20.5. The molecule has 0 aromatic heterocycles. The number of urea groups is 1. The third-order valence-corrected chi connectivity index (χ3v) is 6.29. The fraction of sp³-hybridized carbons (Fsp3) is 0.370. The highest BCUT2D eigenvalue weighted by Gasteiger charge is 2.27. The normalized spacial score (nSPS) is 11.2. The van der Waals surface area contributed by atoms with Gasteiger partial charge in [-0.05, 0) is 60.6 Å². The average molecular weight is 497 g/mol. The van der Waals surface area contributed by atoms with Gasteiger partial charge in [-0.2, -0.15) is 11.8 Å². The Labute approximate surface area is 211 Å². The average Bonchev–Trinajstić information content (AvgIpc) is 2.85. The predicted molar refractivity (Wildman–Crippen MR) is 139 cm³/mol. The van der Waals surface area contributed by atoms with Crippen LogP contribution in [0.3, 0.4) is 0 Å². The summed E-state index contributed by atoms with van der Waals surface area (Å²) in [6.45, 7) is 6.09. The molecule has 0 saturated carbocycles. The fourth-order valence-electron chi connectivity index (χ4n) is 3.05. The van der Waals surface area contributed by atoms with Gasteiger partial charge in [0, 0.05) is 29.0 Å². The first-order valence-corrected chi connectivity index (χ1v) is 12.6. The van der Waals surface area contributed by atoms with E-state index in [1.165, 1.54) is 11.8 Å². The summed E-state index contributed by atoms with van der Waals surface area (Å²) in [5, 5.41) is 12.0. The number of hydrogen-bond acceptors (Lipinski definition) is 5. The van der Waals surface area contributed by atoms with Gasteiger partial charge in [0.25, 0.3) is 5.91 Å². The van der Waals surface area contributed by atoms with Crippen LogP contribution in [0.25, 0.3) is 0 Å². The first-order valence-electron chi connectivity index (χ1n) is 11.4. The highest BCUT2D eigenvalue weighted by atomic mass is 32.2. The zero-order chi connectivity index (χ0) is 25.8. The smallest absolute Gasteiger partial charge is 0.327 e. The van der Waals surface area contributed by atoms with Gasteiger partial charge in [-0.15, -0.1) is 0 Å². The van der Waals surface area contributed by atoms with E-state index in [-0.39, 0.29) is 12.3 Å². The second-order valence-electron chi connectivity index (χ2n) is 8.29. The number of carboxylic acids is 1. The first kappa shape index (κ1) is 27.8. The van der Waals surface area contributed by atoms with E-state index in [1.807, 2.05) is 45.0 Å². The Morgan fingerprint density at radius 2 is 1.74 bits per heavy atom. The van der Waals surface area contributed by atoms with E-state index in [4.69, 9.17) is 4.74 Å². The third-order valence-electron chi connectivity index (χ3n) is 4.82. The summed E-state index contributed by atoms with van der Waals surface area (Å²) in [7, 11) is 1.60. The van der Waals surface area contributed by atoms with Gasteiger partial charge in [0.2, 0.25) is 0 Å². The lowest BCUT2D eigenvalue weighted by Gasteiger charge is -2.23. The van der Waals surface area contributed by atoms with Crippen molar-refractivity contribution in [2.24, 2.45) is 5.92 Å². The molecule has 1 atom stereocenters. The SMILES string of the molecule is CCCN(C(=O)N[C@@H](CSCC(C)C)C(=O)O)C(=O)c1cccc(C#Cc2ccc(OC)cc2)c1. The molecular weight excluding hydrogens is 464 g/mol. The van der Waals surface area contributed by atoms with Crippen LogP contribution in [0, 0.1) is 17.8 Å². The molecule has 186 valence electrons. The molecule has 0 radical (unpaired) electrons. The summed E-state index contributed by atoms with van der Waals surface area (Å²) in [5.41, 5.74) is 1.72. The molecule has 0 bridgehead atoms. The minimum absolute atomic E-state index is 0.165. The number of methoxy groups -OCH3 is 1. The third kappa shape index (κ3) is 9.02. The van der Waals surface area contributed by atoms with Crippen LogP contribution >= 0.6 is 11.8 Å². The van der Waals surface area contributed by atoms with Crippen LogP contribution in [0.2, 0.25) is 0 Å². The highest BCUT2D eigenvalue weighted by molar-refractivity contribution is 7.99. The van der Waals surface area contributed by atoms with Crippen LogP contribution < -0.4 is 10.1 Å².